The Morgan fingerprint density at radius 3 is 2.75 bits per heavy atom. The average molecular weight is 336 g/mol. The molecule has 2 N–H and O–H groups in total. The molecule has 24 heavy (non-hydrogen) atoms. The number of hydrogen-bond acceptors (Lipinski definition) is 4. The maximum atomic E-state index is 12.6. The minimum absolute atomic E-state index is 0.113. The summed E-state index contributed by atoms with van der Waals surface area (Å²) in [6.45, 7) is 0.214. The number of hydrogen-bond donors (Lipinski definition) is 2. The lowest BCUT2D eigenvalue weighted by atomic mass is 10.1. The van der Waals surface area contributed by atoms with Crippen LogP contribution >= 0.6 is 0 Å². The number of anilines is 1. The highest BCUT2D eigenvalue weighted by molar-refractivity contribution is 5.94. The molecular formula is C16H15F3N4O. The molecular weight excluding hydrogens is 321 g/mol. The first-order valence-corrected chi connectivity index (χ1v) is 7.46. The molecule has 0 spiro atoms. The van der Waals surface area contributed by atoms with Crippen molar-refractivity contribution in [2.75, 3.05) is 5.32 Å². The zero-order valence-electron chi connectivity index (χ0n) is 12.6. The van der Waals surface area contributed by atoms with E-state index >= 15 is 0 Å². The van der Waals surface area contributed by atoms with Gasteiger partial charge in [-0.25, -0.2) is 9.97 Å². The van der Waals surface area contributed by atoms with Crippen molar-refractivity contribution in [3.8, 4) is 0 Å². The Labute approximate surface area is 136 Å². The lowest BCUT2D eigenvalue weighted by molar-refractivity contribution is -0.141. The van der Waals surface area contributed by atoms with E-state index in [1.807, 2.05) is 0 Å². The van der Waals surface area contributed by atoms with E-state index in [1.54, 1.807) is 24.3 Å². The van der Waals surface area contributed by atoms with Crippen molar-refractivity contribution in [2.45, 2.75) is 31.6 Å². The highest BCUT2D eigenvalue weighted by Gasteiger charge is 2.32. The van der Waals surface area contributed by atoms with Crippen molar-refractivity contribution in [1.29, 1.82) is 0 Å². The molecule has 0 atom stereocenters. The van der Waals surface area contributed by atoms with Crippen LogP contribution in [0.25, 0.3) is 0 Å². The average Bonchev–Trinajstić information content (AvgIpc) is 3.37. The van der Waals surface area contributed by atoms with Crippen LogP contribution in [0.3, 0.4) is 0 Å². The number of alkyl halides is 3. The number of carbonyl (C=O) groups excluding carboxylic acids is 1. The van der Waals surface area contributed by atoms with E-state index in [1.165, 1.54) is 0 Å². The summed E-state index contributed by atoms with van der Waals surface area (Å²) < 4.78 is 37.9. The maximum absolute atomic E-state index is 12.6. The summed E-state index contributed by atoms with van der Waals surface area (Å²) in [4.78, 5) is 19.2. The Hall–Kier alpha value is -2.64. The highest BCUT2D eigenvalue weighted by Crippen LogP contribution is 2.27. The zero-order valence-corrected chi connectivity index (χ0v) is 12.6. The minimum Gasteiger partial charge on any atom is -0.350 e. The van der Waals surface area contributed by atoms with Gasteiger partial charge in [-0.05, 0) is 36.6 Å². The number of benzene rings is 1. The summed E-state index contributed by atoms with van der Waals surface area (Å²) >= 11 is 0. The Bertz CT molecular complexity index is 744. The molecule has 126 valence electrons. The van der Waals surface area contributed by atoms with Gasteiger partial charge in [0.15, 0.2) is 0 Å². The van der Waals surface area contributed by atoms with Crippen molar-refractivity contribution < 1.29 is 18.0 Å². The molecule has 0 radical (unpaired) electrons. The van der Waals surface area contributed by atoms with E-state index in [9.17, 15) is 18.0 Å². The standard InChI is InChI=1S/C16H15F3N4O/c17-16(18,19)13-6-7-20-15(23-13)21-9-10-2-1-3-11(8-10)14(24)22-12-4-5-12/h1-3,6-8,12H,4-5,9H2,(H,22,24)(H,20,21,23). The molecule has 1 aromatic heterocycles. The Morgan fingerprint density at radius 2 is 2.04 bits per heavy atom. The van der Waals surface area contributed by atoms with Crippen molar-refractivity contribution in [2.24, 2.45) is 0 Å². The third-order valence-electron chi connectivity index (χ3n) is 3.50. The van der Waals surface area contributed by atoms with Crippen molar-refractivity contribution in [1.82, 2.24) is 15.3 Å². The molecule has 1 aliphatic carbocycles. The molecule has 0 saturated heterocycles. The first-order valence-electron chi connectivity index (χ1n) is 7.46. The van der Waals surface area contributed by atoms with Crippen molar-refractivity contribution in [3.63, 3.8) is 0 Å². The topological polar surface area (TPSA) is 66.9 Å². The van der Waals surface area contributed by atoms with Gasteiger partial charge in [-0.3, -0.25) is 4.79 Å². The van der Waals surface area contributed by atoms with E-state index in [0.717, 1.165) is 30.7 Å². The summed E-state index contributed by atoms with van der Waals surface area (Å²) in [5.74, 6) is -0.257. The second-order valence-electron chi connectivity index (χ2n) is 5.56. The largest absolute Gasteiger partial charge is 0.433 e. The van der Waals surface area contributed by atoms with Crippen LogP contribution in [0.15, 0.2) is 36.5 Å². The van der Waals surface area contributed by atoms with Crippen LogP contribution in [-0.2, 0) is 12.7 Å². The Balaban J connectivity index is 1.65. The van der Waals surface area contributed by atoms with Crippen molar-refractivity contribution >= 4 is 11.9 Å². The van der Waals surface area contributed by atoms with E-state index < -0.39 is 11.9 Å². The Morgan fingerprint density at radius 1 is 1.25 bits per heavy atom. The SMILES string of the molecule is O=C(NC1CC1)c1cccc(CNc2nccc(C(F)(F)F)n2)c1. The number of carbonyl (C=O) groups is 1. The lowest BCUT2D eigenvalue weighted by Crippen LogP contribution is -2.25. The fraction of sp³-hybridized carbons (Fsp3) is 0.312. The fourth-order valence-corrected chi connectivity index (χ4v) is 2.10. The van der Waals surface area contributed by atoms with Gasteiger partial charge in [0.2, 0.25) is 5.95 Å². The molecule has 1 saturated carbocycles. The molecule has 1 fully saturated rings. The van der Waals surface area contributed by atoms with Crippen LogP contribution in [0.5, 0.6) is 0 Å². The summed E-state index contributed by atoms with van der Waals surface area (Å²) in [5, 5.41) is 5.62. The zero-order chi connectivity index (χ0) is 17.2. The second kappa shape index (κ2) is 6.46. The lowest BCUT2D eigenvalue weighted by Gasteiger charge is -2.09. The molecule has 0 unspecified atom stereocenters. The van der Waals surface area contributed by atoms with Gasteiger partial charge >= 0.3 is 6.18 Å². The van der Waals surface area contributed by atoms with Gasteiger partial charge in [-0.1, -0.05) is 12.1 Å². The first kappa shape index (κ1) is 16.2. The third-order valence-corrected chi connectivity index (χ3v) is 3.50. The molecule has 2 aromatic rings. The highest BCUT2D eigenvalue weighted by atomic mass is 19.4. The Kier molecular flexibility index (Phi) is 4.37. The first-order chi connectivity index (χ1) is 11.4. The van der Waals surface area contributed by atoms with Gasteiger partial charge in [-0.2, -0.15) is 13.2 Å². The van der Waals surface area contributed by atoms with E-state index in [0.29, 0.717) is 5.56 Å². The number of aromatic nitrogens is 2. The fourth-order valence-electron chi connectivity index (χ4n) is 2.10. The molecule has 1 aromatic carbocycles. The summed E-state index contributed by atoms with van der Waals surface area (Å²) in [6.07, 6.45) is -1.46. The molecule has 8 heteroatoms. The quantitative estimate of drug-likeness (QED) is 0.881. The molecule has 3 rings (SSSR count). The number of rotatable bonds is 5. The van der Waals surface area contributed by atoms with Crippen LogP contribution in [0.2, 0.25) is 0 Å². The maximum Gasteiger partial charge on any atom is 0.433 e. The van der Waals surface area contributed by atoms with Gasteiger partial charge in [0.05, 0.1) is 0 Å². The van der Waals surface area contributed by atoms with E-state index in [2.05, 4.69) is 20.6 Å². The number of nitrogens with one attached hydrogen (secondary N) is 2. The smallest absolute Gasteiger partial charge is 0.350 e. The van der Waals surface area contributed by atoms with Crippen molar-refractivity contribution in [3.05, 3.63) is 53.3 Å². The van der Waals surface area contributed by atoms with Gasteiger partial charge in [-0.15, -0.1) is 0 Å². The molecule has 0 bridgehead atoms. The van der Waals surface area contributed by atoms with Gasteiger partial charge < -0.3 is 10.6 Å². The van der Waals surface area contributed by atoms with E-state index in [-0.39, 0.29) is 24.4 Å². The number of nitrogens with zero attached hydrogens (tertiary/aromatic N) is 2. The molecule has 1 amide bonds. The van der Waals surface area contributed by atoms with Crippen LogP contribution in [0.1, 0.15) is 34.5 Å². The predicted molar refractivity (Wildman–Crippen MR) is 81.3 cm³/mol. The molecule has 5 nitrogen and oxygen atoms in total. The molecule has 1 aliphatic rings. The van der Waals surface area contributed by atoms with Crippen LogP contribution < -0.4 is 10.6 Å². The van der Waals surface area contributed by atoms with Crippen LogP contribution in [-0.4, -0.2) is 21.9 Å². The predicted octanol–water partition coefficient (Wildman–Crippen LogP) is 3.00. The monoisotopic (exact) mass is 336 g/mol. The number of amides is 1. The second-order valence-corrected chi connectivity index (χ2v) is 5.56. The van der Waals surface area contributed by atoms with E-state index in [4.69, 9.17) is 0 Å². The van der Waals surface area contributed by atoms with Gasteiger partial charge in [0.25, 0.3) is 5.91 Å². The van der Waals surface area contributed by atoms with Gasteiger partial charge in [0, 0.05) is 24.3 Å². The van der Waals surface area contributed by atoms with Gasteiger partial charge in [0.1, 0.15) is 5.69 Å². The normalized spacial score (nSPS) is 14.3. The third kappa shape index (κ3) is 4.21. The summed E-state index contributed by atoms with van der Waals surface area (Å²) in [7, 11) is 0. The van der Waals surface area contributed by atoms with Crippen LogP contribution in [0, 0.1) is 0 Å². The summed E-state index contributed by atoms with van der Waals surface area (Å²) in [5.41, 5.74) is 0.267. The molecule has 1 heterocycles. The minimum atomic E-state index is -4.51. The van der Waals surface area contributed by atoms with Crippen LogP contribution in [0.4, 0.5) is 19.1 Å². The number of halogens is 3. The molecule has 0 aliphatic heterocycles. The summed E-state index contributed by atoms with van der Waals surface area (Å²) in [6, 6.07) is 7.96.